The molecule has 0 aliphatic carbocycles. The molecule has 0 bridgehead atoms. The Labute approximate surface area is 218 Å². The van der Waals surface area contributed by atoms with Gasteiger partial charge in [0.1, 0.15) is 5.75 Å². The van der Waals surface area contributed by atoms with Crippen molar-refractivity contribution in [3.63, 3.8) is 0 Å². The van der Waals surface area contributed by atoms with Gasteiger partial charge in [0, 0.05) is 55.8 Å². The van der Waals surface area contributed by atoms with Crippen LogP contribution in [-0.2, 0) is 11.8 Å². The van der Waals surface area contributed by atoms with Crippen LogP contribution in [0.1, 0.15) is 59.4 Å². The first-order valence-electron chi connectivity index (χ1n) is 12.7. The summed E-state index contributed by atoms with van der Waals surface area (Å²) in [7, 11) is 1.82. The smallest absolute Gasteiger partial charge is 0.274 e. The number of nitrogens with zero attached hydrogens (tertiary/aromatic N) is 4. The van der Waals surface area contributed by atoms with Crippen molar-refractivity contribution >= 4 is 23.4 Å². The highest BCUT2D eigenvalue weighted by molar-refractivity contribution is 6.32. The number of carbonyl (C=O) groups excluding carboxylic acids is 2. The number of ether oxygens (including phenoxy) is 1. The van der Waals surface area contributed by atoms with Gasteiger partial charge in [-0.3, -0.25) is 14.3 Å². The lowest BCUT2D eigenvalue weighted by Gasteiger charge is -2.43. The minimum Gasteiger partial charge on any atom is -0.493 e. The van der Waals surface area contributed by atoms with Crippen LogP contribution >= 0.6 is 11.6 Å². The maximum absolute atomic E-state index is 13.4. The van der Waals surface area contributed by atoms with Crippen molar-refractivity contribution in [3.05, 3.63) is 45.7 Å². The van der Waals surface area contributed by atoms with Crippen molar-refractivity contribution in [2.75, 3.05) is 32.8 Å². The third-order valence-electron chi connectivity index (χ3n) is 7.58. The Hall–Kier alpha value is -2.58. The summed E-state index contributed by atoms with van der Waals surface area (Å²) in [6.45, 7) is 8.30. The van der Waals surface area contributed by atoms with Crippen molar-refractivity contribution in [1.29, 1.82) is 0 Å². The van der Waals surface area contributed by atoms with E-state index >= 15 is 0 Å². The third kappa shape index (κ3) is 5.86. The molecular weight excluding hydrogens is 480 g/mol. The second-order valence-electron chi connectivity index (χ2n) is 10.6. The Morgan fingerprint density at radius 3 is 2.39 bits per heavy atom. The van der Waals surface area contributed by atoms with Crippen LogP contribution in [0.3, 0.4) is 0 Å². The summed E-state index contributed by atoms with van der Waals surface area (Å²) >= 11 is 6.34. The Balaban J connectivity index is 1.55. The molecule has 2 amide bonds. The predicted octanol–water partition coefficient (Wildman–Crippen LogP) is 3.67. The molecule has 4 rings (SSSR count). The number of hydrogen-bond acceptors (Lipinski definition) is 5. The molecule has 1 aromatic heterocycles. The van der Waals surface area contributed by atoms with Gasteiger partial charge in [0.15, 0.2) is 5.69 Å². The van der Waals surface area contributed by atoms with E-state index in [9.17, 15) is 14.7 Å². The van der Waals surface area contributed by atoms with Crippen LogP contribution in [0.25, 0.3) is 0 Å². The van der Waals surface area contributed by atoms with Crippen molar-refractivity contribution in [1.82, 2.24) is 19.6 Å². The van der Waals surface area contributed by atoms with Crippen LogP contribution in [0.5, 0.6) is 5.75 Å². The maximum atomic E-state index is 13.4. The van der Waals surface area contributed by atoms with Crippen molar-refractivity contribution in [2.24, 2.45) is 12.5 Å². The third-order valence-corrected chi connectivity index (χ3v) is 8.18. The van der Waals surface area contributed by atoms with Gasteiger partial charge in [-0.1, -0.05) is 11.6 Å². The fourth-order valence-corrected chi connectivity index (χ4v) is 5.40. The lowest BCUT2D eigenvalue weighted by atomic mass is 9.77. The number of hydrogen-bond donors (Lipinski definition) is 1. The van der Waals surface area contributed by atoms with Crippen LogP contribution in [0.15, 0.2) is 18.2 Å². The van der Waals surface area contributed by atoms with Crippen LogP contribution < -0.4 is 4.74 Å². The second kappa shape index (κ2) is 10.8. The Kier molecular flexibility index (Phi) is 7.95. The number of rotatable bonds is 6. The average Bonchev–Trinajstić information content (AvgIpc) is 3.19. The van der Waals surface area contributed by atoms with E-state index in [0.29, 0.717) is 63.5 Å². The number of amides is 2. The molecule has 1 N–H and O–H groups in total. The fourth-order valence-electron chi connectivity index (χ4n) is 5.30. The topological polar surface area (TPSA) is 87.9 Å². The van der Waals surface area contributed by atoms with E-state index in [4.69, 9.17) is 16.3 Å². The largest absolute Gasteiger partial charge is 0.493 e. The lowest BCUT2D eigenvalue weighted by molar-refractivity contribution is -0.137. The summed E-state index contributed by atoms with van der Waals surface area (Å²) in [4.78, 5) is 30.4. The Morgan fingerprint density at radius 1 is 1.11 bits per heavy atom. The molecule has 0 radical (unpaired) electrons. The van der Waals surface area contributed by atoms with Gasteiger partial charge in [-0.15, -0.1) is 0 Å². The molecule has 9 heteroatoms. The minimum atomic E-state index is -0.522. The molecule has 0 unspecified atom stereocenters. The van der Waals surface area contributed by atoms with Gasteiger partial charge in [0.2, 0.25) is 5.91 Å². The van der Waals surface area contributed by atoms with Crippen LogP contribution in [0.2, 0.25) is 5.02 Å². The quantitative estimate of drug-likeness (QED) is 0.633. The van der Waals surface area contributed by atoms with Crippen LogP contribution in [-0.4, -0.2) is 75.4 Å². The van der Waals surface area contributed by atoms with Gasteiger partial charge in [-0.05, 0) is 75.8 Å². The highest BCUT2D eigenvalue weighted by Gasteiger charge is 2.41. The van der Waals surface area contributed by atoms with E-state index in [1.54, 1.807) is 10.7 Å². The zero-order chi connectivity index (χ0) is 26.0. The number of piperidine rings is 2. The van der Waals surface area contributed by atoms with Crippen molar-refractivity contribution < 1.29 is 19.4 Å². The molecule has 2 saturated heterocycles. The number of aliphatic hydroxyl groups excluding tert-OH is 1. The SMILES string of the molecule is Cc1cc(OC[C@@]2(CC(=O)N3CCC(O)CC3)CCCN(C(=O)c3cc(C)n(C)n3)C2)cc(C)c1Cl. The molecule has 3 heterocycles. The Morgan fingerprint density at radius 2 is 1.78 bits per heavy atom. The number of benzene rings is 1. The normalized spacial score (nSPS) is 21.1. The number of carbonyl (C=O) groups is 2. The maximum Gasteiger partial charge on any atom is 0.274 e. The molecule has 8 nitrogen and oxygen atoms in total. The van der Waals surface area contributed by atoms with E-state index < -0.39 is 5.41 Å². The molecule has 36 heavy (non-hydrogen) atoms. The summed E-state index contributed by atoms with van der Waals surface area (Å²) in [6, 6.07) is 5.64. The first kappa shape index (κ1) is 26.5. The molecule has 1 aromatic carbocycles. The second-order valence-corrected chi connectivity index (χ2v) is 11.0. The number of aryl methyl sites for hydroxylation is 4. The molecule has 2 aromatic rings. The number of likely N-dealkylation sites (tertiary alicyclic amines) is 2. The van der Waals surface area contributed by atoms with Gasteiger partial charge in [-0.25, -0.2) is 0 Å². The monoisotopic (exact) mass is 516 g/mol. The van der Waals surface area contributed by atoms with Crippen LogP contribution in [0.4, 0.5) is 0 Å². The van der Waals surface area contributed by atoms with Gasteiger partial charge >= 0.3 is 0 Å². The lowest BCUT2D eigenvalue weighted by Crippen LogP contribution is -2.51. The number of aliphatic hydroxyl groups is 1. The van der Waals surface area contributed by atoms with Crippen LogP contribution in [0, 0.1) is 26.2 Å². The number of halogens is 1. The Bertz CT molecular complexity index is 1080. The van der Waals surface area contributed by atoms with Gasteiger partial charge < -0.3 is 19.6 Å². The first-order valence-corrected chi connectivity index (χ1v) is 13.1. The summed E-state index contributed by atoms with van der Waals surface area (Å²) in [5.74, 6) is 0.651. The molecule has 2 aliphatic rings. The van der Waals surface area contributed by atoms with E-state index in [2.05, 4.69) is 5.10 Å². The zero-order valence-corrected chi connectivity index (χ0v) is 22.5. The summed E-state index contributed by atoms with van der Waals surface area (Å²) in [5, 5.41) is 15.0. The molecule has 196 valence electrons. The summed E-state index contributed by atoms with van der Waals surface area (Å²) in [6.07, 6.45) is 2.72. The van der Waals surface area contributed by atoms with E-state index in [1.807, 2.05) is 49.8 Å². The average molecular weight is 517 g/mol. The standard InChI is InChI=1S/C27H37ClN4O4/c1-18-12-22(13-19(2)25(18)28)36-17-27(15-24(34)31-10-6-21(33)7-11-31)8-5-9-32(16-27)26(35)23-14-20(3)30(4)29-23/h12-14,21,33H,5-11,15-17H2,1-4H3/t27-/m1/s1. The van der Waals surface area contributed by atoms with Gasteiger partial charge in [0.25, 0.3) is 5.91 Å². The molecule has 1 atom stereocenters. The molecule has 2 aliphatic heterocycles. The molecule has 0 spiro atoms. The predicted molar refractivity (Wildman–Crippen MR) is 138 cm³/mol. The van der Waals surface area contributed by atoms with Gasteiger partial charge in [-0.2, -0.15) is 5.10 Å². The molecule has 0 saturated carbocycles. The van der Waals surface area contributed by atoms with Gasteiger partial charge in [0.05, 0.1) is 12.7 Å². The van der Waals surface area contributed by atoms with E-state index in [-0.39, 0.29) is 17.9 Å². The molecular formula is C27H37ClN4O4. The number of aromatic nitrogens is 2. The summed E-state index contributed by atoms with van der Waals surface area (Å²) < 4.78 is 8.00. The summed E-state index contributed by atoms with van der Waals surface area (Å²) in [5.41, 5.74) is 2.70. The minimum absolute atomic E-state index is 0.0527. The molecule has 2 fully saturated rings. The van der Waals surface area contributed by atoms with Crippen molar-refractivity contribution in [3.8, 4) is 5.75 Å². The highest BCUT2D eigenvalue weighted by Crippen LogP contribution is 2.37. The highest BCUT2D eigenvalue weighted by atomic mass is 35.5. The van der Waals surface area contributed by atoms with Crippen molar-refractivity contribution in [2.45, 2.75) is 59.0 Å². The van der Waals surface area contributed by atoms with E-state index in [1.165, 1.54) is 0 Å². The van der Waals surface area contributed by atoms with E-state index in [0.717, 1.165) is 34.7 Å². The fraction of sp³-hybridized carbons (Fsp3) is 0.593. The zero-order valence-electron chi connectivity index (χ0n) is 21.7. The first-order chi connectivity index (χ1) is 17.1.